The summed E-state index contributed by atoms with van der Waals surface area (Å²) in [4.78, 5) is 23.1. The molecule has 1 heterocycles. The minimum atomic E-state index is -0.395. The smallest absolute Gasteiger partial charge is 0.313 e. The molecule has 1 rings (SSSR count). The Bertz CT molecular complexity index is 275. The molecular formula is C13H22O4. The second kappa shape index (κ2) is 6.62. The molecular weight excluding hydrogens is 220 g/mol. The number of carbonyl (C=O) groups excluding carboxylic acids is 2. The van der Waals surface area contributed by atoms with Gasteiger partial charge in [0.15, 0.2) is 6.10 Å². The molecule has 0 amide bonds. The van der Waals surface area contributed by atoms with Crippen molar-refractivity contribution in [1.29, 1.82) is 0 Å². The van der Waals surface area contributed by atoms with Crippen LogP contribution in [0.15, 0.2) is 0 Å². The molecule has 0 radical (unpaired) electrons. The van der Waals surface area contributed by atoms with Gasteiger partial charge in [-0.15, -0.1) is 0 Å². The van der Waals surface area contributed by atoms with Crippen molar-refractivity contribution in [3.05, 3.63) is 0 Å². The van der Waals surface area contributed by atoms with E-state index >= 15 is 0 Å². The van der Waals surface area contributed by atoms with Gasteiger partial charge in [0, 0.05) is 6.42 Å². The Morgan fingerprint density at radius 2 is 2.06 bits per heavy atom. The molecule has 0 bridgehead atoms. The first kappa shape index (κ1) is 14.0. The fourth-order valence-electron chi connectivity index (χ4n) is 2.10. The molecule has 98 valence electrons. The lowest BCUT2D eigenvalue weighted by molar-refractivity contribution is -0.153. The highest BCUT2D eigenvalue weighted by Crippen LogP contribution is 2.29. The Balaban J connectivity index is 2.58. The molecule has 1 aliphatic rings. The van der Waals surface area contributed by atoms with Crippen LogP contribution in [0.5, 0.6) is 0 Å². The lowest BCUT2D eigenvalue weighted by Crippen LogP contribution is -2.31. The zero-order chi connectivity index (χ0) is 12.8. The molecule has 1 fully saturated rings. The summed E-state index contributed by atoms with van der Waals surface area (Å²) in [6, 6.07) is 0. The van der Waals surface area contributed by atoms with Crippen LogP contribution in [0.1, 0.15) is 52.9 Å². The van der Waals surface area contributed by atoms with Crippen molar-refractivity contribution >= 4 is 11.9 Å². The Hall–Kier alpha value is -1.06. The molecule has 4 heteroatoms. The minimum Gasteiger partial charge on any atom is -0.458 e. The van der Waals surface area contributed by atoms with Gasteiger partial charge in [-0.25, -0.2) is 0 Å². The third-order valence-electron chi connectivity index (χ3n) is 3.05. The Kier molecular flexibility index (Phi) is 5.45. The quantitative estimate of drug-likeness (QED) is 0.671. The van der Waals surface area contributed by atoms with Crippen molar-refractivity contribution in [2.45, 2.75) is 65.1 Å². The van der Waals surface area contributed by atoms with Crippen molar-refractivity contribution in [3.8, 4) is 0 Å². The lowest BCUT2D eigenvalue weighted by atomic mass is 9.95. The zero-order valence-electron chi connectivity index (χ0n) is 10.9. The van der Waals surface area contributed by atoms with Gasteiger partial charge >= 0.3 is 11.9 Å². The molecule has 0 N–H and O–H groups in total. The van der Waals surface area contributed by atoms with E-state index in [-0.39, 0.29) is 24.0 Å². The number of carbonyl (C=O) groups is 2. The second-order valence-electron chi connectivity index (χ2n) is 4.60. The van der Waals surface area contributed by atoms with Crippen LogP contribution in [-0.4, -0.2) is 24.1 Å². The van der Waals surface area contributed by atoms with Gasteiger partial charge in [-0.05, 0) is 19.8 Å². The Morgan fingerprint density at radius 1 is 1.35 bits per heavy atom. The van der Waals surface area contributed by atoms with E-state index in [4.69, 9.17) is 9.47 Å². The molecule has 1 unspecified atom stereocenters. The molecule has 3 atom stereocenters. The van der Waals surface area contributed by atoms with Crippen LogP contribution >= 0.6 is 0 Å². The highest BCUT2D eigenvalue weighted by atomic mass is 16.6. The number of rotatable bonds is 6. The number of cyclic esters (lactones) is 1. The largest absolute Gasteiger partial charge is 0.458 e. The van der Waals surface area contributed by atoms with E-state index in [2.05, 4.69) is 6.92 Å². The first-order valence-electron chi connectivity index (χ1n) is 6.50. The van der Waals surface area contributed by atoms with E-state index in [0.29, 0.717) is 6.42 Å². The molecule has 1 saturated heterocycles. The van der Waals surface area contributed by atoms with Gasteiger partial charge < -0.3 is 9.47 Å². The standard InChI is InChI=1S/C13H22O4/c1-4-6-8-10-12(9(3)16-13(10)15)17-11(14)7-5-2/h9-10,12H,4-8H2,1-3H3/t9-,10+,12?/m0/s1. The van der Waals surface area contributed by atoms with E-state index in [1.807, 2.05) is 6.92 Å². The van der Waals surface area contributed by atoms with E-state index in [9.17, 15) is 9.59 Å². The highest BCUT2D eigenvalue weighted by Gasteiger charge is 2.44. The fourth-order valence-corrected chi connectivity index (χ4v) is 2.10. The molecule has 17 heavy (non-hydrogen) atoms. The van der Waals surface area contributed by atoms with Gasteiger partial charge in [0.25, 0.3) is 0 Å². The highest BCUT2D eigenvalue weighted by molar-refractivity contribution is 5.77. The Labute approximate surface area is 103 Å². The summed E-state index contributed by atoms with van der Waals surface area (Å²) in [5, 5.41) is 0. The van der Waals surface area contributed by atoms with Gasteiger partial charge in [0.2, 0.25) is 0 Å². The summed E-state index contributed by atoms with van der Waals surface area (Å²) in [6.45, 7) is 5.78. The van der Waals surface area contributed by atoms with Crippen LogP contribution < -0.4 is 0 Å². The lowest BCUT2D eigenvalue weighted by Gasteiger charge is -2.18. The zero-order valence-corrected chi connectivity index (χ0v) is 10.9. The number of unbranched alkanes of at least 4 members (excludes halogenated alkanes) is 1. The van der Waals surface area contributed by atoms with Gasteiger partial charge in [0.05, 0.1) is 5.92 Å². The number of esters is 2. The first-order valence-corrected chi connectivity index (χ1v) is 6.50. The predicted molar refractivity (Wildman–Crippen MR) is 63.4 cm³/mol. The van der Waals surface area contributed by atoms with Gasteiger partial charge in [-0.2, -0.15) is 0 Å². The molecule has 0 spiro atoms. The molecule has 0 aromatic carbocycles. The SMILES string of the molecule is CCCC[C@H]1C(=O)O[C@@H](C)C1OC(=O)CCC. The first-order chi connectivity index (χ1) is 8.10. The maximum Gasteiger partial charge on any atom is 0.313 e. The van der Waals surface area contributed by atoms with Crippen molar-refractivity contribution in [2.24, 2.45) is 5.92 Å². The number of hydrogen-bond donors (Lipinski definition) is 0. The maximum absolute atomic E-state index is 11.6. The second-order valence-corrected chi connectivity index (χ2v) is 4.60. The normalized spacial score (nSPS) is 27.9. The van der Waals surface area contributed by atoms with Crippen LogP contribution in [0, 0.1) is 5.92 Å². The van der Waals surface area contributed by atoms with Crippen molar-refractivity contribution in [2.75, 3.05) is 0 Å². The summed E-state index contributed by atoms with van der Waals surface area (Å²) >= 11 is 0. The molecule has 0 aromatic heterocycles. The van der Waals surface area contributed by atoms with Crippen LogP contribution in [0.3, 0.4) is 0 Å². The third-order valence-corrected chi connectivity index (χ3v) is 3.05. The van der Waals surface area contributed by atoms with Crippen LogP contribution in [0.2, 0.25) is 0 Å². The Morgan fingerprint density at radius 3 is 2.65 bits per heavy atom. The van der Waals surface area contributed by atoms with Gasteiger partial charge in [-0.3, -0.25) is 9.59 Å². The minimum absolute atomic E-state index is 0.222. The number of hydrogen-bond acceptors (Lipinski definition) is 4. The summed E-state index contributed by atoms with van der Waals surface area (Å²) in [6.07, 6.45) is 3.16. The van der Waals surface area contributed by atoms with Crippen molar-refractivity contribution in [3.63, 3.8) is 0 Å². The topological polar surface area (TPSA) is 52.6 Å². The molecule has 0 aromatic rings. The van der Waals surface area contributed by atoms with Crippen LogP contribution in [-0.2, 0) is 19.1 Å². The van der Waals surface area contributed by atoms with Crippen LogP contribution in [0.25, 0.3) is 0 Å². The maximum atomic E-state index is 11.6. The van der Waals surface area contributed by atoms with E-state index in [1.54, 1.807) is 6.92 Å². The summed E-state index contributed by atoms with van der Waals surface area (Å²) < 4.78 is 10.5. The molecule has 4 nitrogen and oxygen atoms in total. The van der Waals surface area contributed by atoms with E-state index < -0.39 is 6.10 Å². The van der Waals surface area contributed by atoms with E-state index in [0.717, 1.165) is 25.7 Å². The van der Waals surface area contributed by atoms with Crippen molar-refractivity contribution < 1.29 is 19.1 Å². The van der Waals surface area contributed by atoms with Crippen molar-refractivity contribution in [1.82, 2.24) is 0 Å². The average molecular weight is 242 g/mol. The van der Waals surface area contributed by atoms with E-state index in [1.165, 1.54) is 0 Å². The monoisotopic (exact) mass is 242 g/mol. The molecule has 0 saturated carbocycles. The predicted octanol–water partition coefficient (Wildman–Crippen LogP) is 2.45. The molecule has 1 aliphatic heterocycles. The summed E-state index contributed by atoms with van der Waals surface area (Å²) in [5.41, 5.74) is 0. The summed E-state index contributed by atoms with van der Waals surface area (Å²) in [5.74, 6) is -0.727. The number of ether oxygens (including phenoxy) is 2. The molecule has 0 aliphatic carbocycles. The summed E-state index contributed by atoms with van der Waals surface area (Å²) in [7, 11) is 0. The van der Waals surface area contributed by atoms with Gasteiger partial charge in [-0.1, -0.05) is 26.7 Å². The fraction of sp³-hybridized carbons (Fsp3) is 0.846. The van der Waals surface area contributed by atoms with Gasteiger partial charge in [0.1, 0.15) is 6.10 Å². The third kappa shape index (κ3) is 3.72. The average Bonchev–Trinajstić information content (AvgIpc) is 2.52. The van der Waals surface area contributed by atoms with Crippen LogP contribution in [0.4, 0.5) is 0 Å².